The van der Waals surface area contributed by atoms with Crippen molar-refractivity contribution in [1.82, 2.24) is 19.3 Å². The molecule has 2 aromatic rings. The Morgan fingerprint density at radius 1 is 1.38 bits per heavy atom. The number of aliphatic hydroxyl groups excluding tert-OH is 1. The number of imidazole rings is 1. The van der Waals surface area contributed by atoms with E-state index in [2.05, 4.69) is 10.1 Å². The molecule has 0 aliphatic heterocycles. The van der Waals surface area contributed by atoms with Crippen molar-refractivity contribution in [3.05, 3.63) is 36.2 Å². The van der Waals surface area contributed by atoms with E-state index in [4.69, 9.17) is 0 Å². The van der Waals surface area contributed by atoms with Crippen molar-refractivity contribution in [1.29, 1.82) is 0 Å². The minimum atomic E-state index is -0.715. The Morgan fingerprint density at radius 3 is 2.62 bits per heavy atom. The molecule has 0 aliphatic carbocycles. The average molecular weight is 220 g/mol. The summed E-state index contributed by atoms with van der Waals surface area (Å²) < 4.78 is 3.62. The van der Waals surface area contributed by atoms with Crippen LogP contribution in [0.5, 0.6) is 0 Å². The summed E-state index contributed by atoms with van der Waals surface area (Å²) in [6, 6.07) is 0.294. The fourth-order valence-corrected chi connectivity index (χ4v) is 1.57. The normalized spacial score (nSPS) is 13.3. The van der Waals surface area contributed by atoms with Gasteiger partial charge in [-0.15, -0.1) is 0 Å². The third-order valence-electron chi connectivity index (χ3n) is 2.57. The maximum atomic E-state index is 10.1. The molecule has 0 aliphatic rings. The van der Waals surface area contributed by atoms with Gasteiger partial charge in [-0.05, 0) is 13.8 Å². The van der Waals surface area contributed by atoms with Crippen LogP contribution >= 0.6 is 0 Å². The summed E-state index contributed by atoms with van der Waals surface area (Å²) in [6.45, 7) is 4.09. The lowest BCUT2D eigenvalue weighted by atomic mass is 10.2. The van der Waals surface area contributed by atoms with Crippen LogP contribution in [0.3, 0.4) is 0 Å². The van der Waals surface area contributed by atoms with Gasteiger partial charge in [-0.25, -0.2) is 4.98 Å². The second kappa shape index (κ2) is 4.09. The lowest BCUT2D eigenvalue weighted by molar-refractivity contribution is 0.206. The van der Waals surface area contributed by atoms with E-state index in [0.717, 1.165) is 5.56 Å². The smallest absolute Gasteiger partial charge is 0.142 e. The summed E-state index contributed by atoms with van der Waals surface area (Å²) in [5, 5.41) is 14.3. The Morgan fingerprint density at radius 2 is 2.12 bits per heavy atom. The molecule has 0 spiro atoms. The van der Waals surface area contributed by atoms with Crippen molar-refractivity contribution in [3.8, 4) is 0 Å². The zero-order valence-electron chi connectivity index (χ0n) is 9.70. The largest absolute Gasteiger partial charge is 0.380 e. The lowest BCUT2D eigenvalue weighted by Gasteiger charge is -2.08. The number of nitrogens with zero attached hydrogens (tertiary/aromatic N) is 4. The molecule has 0 fully saturated rings. The molecule has 0 amide bonds. The predicted molar refractivity (Wildman–Crippen MR) is 59.9 cm³/mol. The fraction of sp³-hybridized carbons (Fsp3) is 0.455. The summed E-state index contributed by atoms with van der Waals surface area (Å²) in [7, 11) is 1.86. The van der Waals surface area contributed by atoms with Crippen molar-refractivity contribution in [2.45, 2.75) is 26.0 Å². The Labute approximate surface area is 94.4 Å². The van der Waals surface area contributed by atoms with E-state index in [1.807, 2.05) is 38.0 Å². The predicted octanol–water partition coefficient (Wildman–Crippen LogP) is 1.28. The Bertz CT molecular complexity index is 472. The Kier molecular flexibility index (Phi) is 2.78. The second-order valence-electron chi connectivity index (χ2n) is 4.15. The molecule has 5 nitrogen and oxygen atoms in total. The maximum absolute atomic E-state index is 10.1. The molecular formula is C11H16N4O. The molecule has 0 bridgehead atoms. The molecule has 86 valence electrons. The average Bonchev–Trinajstić information content (AvgIpc) is 2.84. The molecule has 0 saturated carbocycles. The SMILES string of the molecule is CC(C)n1cc(C(O)c2nccn2C)cn1. The third kappa shape index (κ3) is 1.86. The number of aryl methyl sites for hydroxylation is 1. The summed E-state index contributed by atoms with van der Waals surface area (Å²) in [5.74, 6) is 0.628. The standard InChI is InChI=1S/C11H16N4O/c1-8(2)15-7-9(6-13-15)10(16)11-12-4-5-14(11)3/h4-8,10,16H,1-3H3. The highest BCUT2D eigenvalue weighted by molar-refractivity contribution is 5.17. The first-order valence-electron chi connectivity index (χ1n) is 5.29. The van der Waals surface area contributed by atoms with Gasteiger partial charge in [0.1, 0.15) is 11.9 Å². The molecular weight excluding hydrogens is 204 g/mol. The second-order valence-corrected chi connectivity index (χ2v) is 4.15. The highest BCUT2D eigenvalue weighted by Crippen LogP contribution is 2.20. The lowest BCUT2D eigenvalue weighted by Crippen LogP contribution is -2.06. The number of aromatic nitrogens is 4. The van der Waals surface area contributed by atoms with Crippen LogP contribution in [0.4, 0.5) is 0 Å². The van der Waals surface area contributed by atoms with Crippen molar-refractivity contribution >= 4 is 0 Å². The molecule has 1 unspecified atom stereocenters. The van der Waals surface area contributed by atoms with Crippen LogP contribution in [-0.4, -0.2) is 24.4 Å². The monoisotopic (exact) mass is 220 g/mol. The highest BCUT2D eigenvalue weighted by atomic mass is 16.3. The van der Waals surface area contributed by atoms with Gasteiger partial charge in [0.2, 0.25) is 0 Å². The molecule has 0 saturated heterocycles. The molecule has 2 rings (SSSR count). The summed E-state index contributed by atoms with van der Waals surface area (Å²) >= 11 is 0. The number of hydrogen-bond donors (Lipinski definition) is 1. The van der Waals surface area contributed by atoms with E-state index in [0.29, 0.717) is 11.9 Å². The zero-order chi connectivity index (χ0) is 11.7. The Balaban J connectivity index is 2.27. The van der Waals surface area contributed by atoms with Gasteiger partial charge in [0, 0.05) is 37.2 Å². The van der Waals surface area contributed by atoms with Crippen LogP contribution in [0.25, 0.3) is 0 Å². The number of hydrogen-bond acceptors (Lipinski definition) is 3. The van der Waals surface area contributed by atoms with Gasteiger partial charge in [0.25, 0.3) is 0 Å². The molecule has 1 N–H and O–H groups in total. The van der Waals surface area contributed by atoms with Crippen molar-refractivity contribution in [3.63, 3.8) is 0 Å². The van der Waals surface area contributed by atoms with Crippen LogP contribution in [0.2, 0.25) is 0 Å². The first kappa shape index (κ1) is 10.9. The van der Waals surface area contributed by atoms with Gasteiger partial charge in [0.15, 0.2) is 0 Å². The van der Waals surface area contributed by atoms with Crippen molar-refractivity contribution < 1.29 is 5.11 Å². The van der Waals surface area contributed by atoms with Gasteiger partial charge in [0.05, 0.1) is 6.20 Å². The van der Waals surface area contributed by atoms with Crippen LogP contribution < -0.4 is 0 Å². The molecule has 0 aromatic carbocycles. The van der Waals surface area contributed by atoms with Crippen LogP contribution in [-0.2, 0) is 7.05 Å². The van der Waals surface area contributed by atoms with E-state index in [1.165, 1.54) is 0 Å². The van der Waals surface area contributed by atoms with Gasteiger partial charge < -0.3 is 9.67 Å². The quantitative estimate of drug-likeness (QED) is 0.847. The van der Waals surface area contributed by atoms with E-state index in [9.17, 15) is 5.11 Å². The summed E-state index contributed by atoms with van der Waals surface area (Å²) in [4.78, 5) is 4.12. The maximum Gasteiger partial charge on any atom is 0.142 e. The summed E-state index contributed by atoms with van der Waals surface area (Å²) in [6.07, 6.45) is 6.30. The van der Waals surface area contributed by atoms with Crippen LogP contribution in [0, 0.1) is 0 Å². The number of aliphatic hydroxyl groups is 1. The van der Waals surface area contributed by atoms with Crippen molar-refractivity contribution in [2.75, 3.05) is 0 Å². The number of rotatable bonds is 3. The van der Waals surface area contributed by atoms with Crippen LogP contribution in [0.15, 0.2) is 24.8 Å². The molecule has 2 aromatic heterocycles. The molecule has 5 heteroatoms. The molecule has 1 atom stereocenters. The molecule has 0 radical (unpaired) electrons. The highest BCUT2D eigenvalue weighted by Gasteiger charge is 2.16. The minimum absolute atomic E-state index is 0.294. The topological polar surface area (TPSA) is 55.9 Å². The van der Waals surface area contributed by atoms with Gasteiger partial charge >= 0.3 is 0 Å². The van der Waals surface area contributed by atoms with E-state index in [-0.39, 0.29) is 0 Å². The third-order valence-corrected chi connectivity index (χ3v) is 2.57. The molecule has 2 heterocycles. The Hall–Kier alpha value is -1.62. The van der Waals surface area contributed by atoms with Gasteiger partial charge in [-0.2, -0.15) is 5.10 Å². The van der Waals surface area contributed by atoms with Crippen molar-refractivity contribution in [2.24, 2.45) is 7.05 Å². The first-order valence-corrected chi connectivity index (χ1v) is 5.29. The zero-order valence-corrected chi connectivity index (χ0v) is 9.70. The van der Waals surface area contributed by atoms with E-state index < -0.39 is 6.10 Å². The van der Waals surface area contributed by atoms with E-state index in [1.54, 1.807) is 17.0 Å². The first-order chi connectivity index (χ1) is 7.59. The van der Waals surface area contributed by atoms with Gasteiger partial charge in [-0.3, -0.25) is 4.68 Å². The molecule has 16 heavy (non-hydrogen) atoms. The minimum Gasteiger partial charge on any atom is -0.380 e. The fourth-order valence-electron chi connectivity index (χ4n) is 1.57. The van der Waals surface area contributed by atoms with Gasteiger partial charge in [-0.1, -0.05) is 0 Å². The van der Waals surface area contributed by atoms with E-state index >= 15 is 0 Å². The summed E-state index contributed by atoms with van der Waals surface area (Å²) in [5.41, 5.74) is 0.767. The van der Waals surface area contributed by atoms with Crippen LogP contribution in [0.1, 0.15) is 37.4 Å².